The summed E-state index contributed by atoms with van der Waals surface area (Å²) < 4.78 is 30.3. The van der Waals surface area contributed by atoms with Gasteiger partial charge in [-0.05, 0) is 24.3 Å². The lowest BCUT2D eigenvalue weighted by Gasteiger charge is -2.11. The van der Waals surface area contributed by atoms with Gasteiger partial charge < -0.3 is 10.5 Å². The molecule has 7 nitrogen and oxygen atoms in total. The molecule has 0 atom stereocenters. The normalized spacial score (nSPS) is 11.1. The Labute approximate surface area is 121 Å². The van der Waals surface area contributed by atoms with Crippen molar-refractivity contribution in [3.8, 4) is 5.75 Å². The summed E-state index contributed by atoms with van der Waals surface area (Å²) in [7, 11) is -2.89. The van der Waals surface area contributed by atoms with Crippen LogP contribution in [0.2, 0.25) is 0 Å². The first-order valence-corrected chi connectivity index (χ1v) is 7.29. The number of nitro groups is 1. The van der Waals surface area contributed by atoms with Crippen LogP contribution in [0.1, 0.15) is 0 Å². The average Bonchev–Trinajstić information content (AvgIpc) is 2.47. The van der Waals surface area contributed by atoms with E-state index in [1.54, 1.807) is 6.07 Å². The predicted octanol–water partition coefficient (Wildman–Crippen LogP) is 2.02. The second kappa shape index (κ2) is 5.41. The van der Waals surface area contributed by atoms with Crippen molar-refractivity contribution < 1.29 is 18.1 Å². The second-order valence-corrected chi connectivity index (χ2v) is 5.99. The number of nitro benzene ring substituents is 1. The number of nitrogens with two attached hydrogens (primary N) is 1. The van der Waals surface area contributed by atoms with E-state index in [1.165, 1.54) is 43.5 Å². The smallest absolute Gasteiger partial charge is 0.314 e. The Bertz CT molecular complexity index is 788. The van der Waals surface area contributed by atoms with E-state index in [2.05, 4.69) is 0 Å². The van der Waals surface area contributed by atoms with Gasteiger partial charge in [0.05, 0.1) is 16.9 Å². The first kappa shape index (κ1) is 14.8. The van der Waals surface area contributed by atoms with Crippen LogP contribution in [0, 0.1) is 10.1 Å². The van der Waals surface area contributed by atoms with Crippen molar-refractivity contribution in [3.05, 3.63) is 52.6 Å². The number of benzene rings is 2. The molecule has 0 aliphatic carbocycles. The number of nitrogen functional groups attached to an aromatic ring is 1. The Morgan fingerprint density at radius 2 is 1.76 bits per heavy atom. The molecule has 0 aliphatic heterocycles. The Kier molecular flexibility index (Phi) is 3.81. The molecule has 110 valence electrons. The van der Waals surface area contributed by atoms with Crippen LogP contribution in [0.3, 0.4) is 0 Å². The number of hydrogen-bond acceptors (Lipinski definition) is 6. The third-order valence-electron chi connectivity index (χ3n) is 2.85. The molecule has 0 spiro atoms. The van der Waals surface area contributed by atoms with Crippen molar-refractivity contribution in [2.45, 2.75) is 9.79 Å². The number of hydrogen-bond donors (Lipinski definition) is 1. The van der Waals surface area contributed by atoms with Crippen LogP contribution in [-0.2, 0) is 9.84 Å². The lowest BCUT2D eigenvalue weighted by molar-refractivity contribution is -0.386. The zero-order valence-corrected chi connectivity index (χ0v) is 11.8. The minimum absolute atomic E-state index is 0.0722. The van der Waals surface area contributed by atoms with Gasteiger partial charge in [0.1, 0.15) is 11.4 Å². The monoisotopic (exact) mass is 308 g/mol. The predicted molar refractivity (Wildman–Crippen MR) is 76.0 cm³/mol. The molecule has 0 aromatic heterocycles. The van der Waals surface area contributed by atoms with Crippen LogP contribution < -0.4 is 10.5 Å². The molecule has 2 aromatic carbocycles. The van der Waals surface area contributed by atoms with Crippen molar-refractivity contribution >= 4 is 21.2 Å². The molecule has 0 heterocycles. The lowest BCUT2D eigenvalue weighted by Crippen LogP contribution is -2.09. The molecule has 2 rings (SSSR count). The molecule has 2 aromatic rings. The summed E-state index contributed by atoms with van der Waals surface area (Å²) in [5, 5.41) is 11.2. The molecule has 0 amide bonds. The molecule has 21 heavy (non-hydrogen) atoms. The highest BCUT2D eigenvalue weighted by atomic mass is 32.2. The molecular weight excluding hydrogens is 296 g/mol. The molecule has 0 radical (unpaired) electrons. The minimum atomic E-state index is -4.13. The molecule has 0 unspecified atom stereocenters. The summed E-state index contributed by atoms with van der Waals surface area (Å²) >= 11 is 0. The van der Waals surface area contributed by atoms with E-state index in [0.717, 1.165) is 0 Å². The van der Waals surface area contributed by atoms with E-state index in [1.807, 2.05) is 0 Å². The Morgan fingerprint density at radius 3 is 2.29 bits per heavy atom. The lowest BCUT2D eigenvalue weighted by atomic mass is 10.2. The summed E-state index contributed by atoms with van der Waals surface area (Å²) in [6, 6.07) is 9.92. The number of nitrogens with zero attached hydrogens (tertiary/aromatic N) is 1. The van der Waals surface area contributed by atoms with Crippen LogP contribution in [0.15, 0.2) is 52.3 Å². The summed E-state index contributed by atoms with van der Waals surface area (Å²) in [6.07, 6.45) is 0. The highest BCUT2D eigenvalue weighted by molar-refractivity contribution is 7.91. The van der Waals surface area contributed by atoms with Gasteiger partial charge in [-0.25, -0.2) is 8.42 Å². The van der Waals surface area contributed by atoms with Crippen molar-refractivity contribution in [1.82, 2.24) is 0 Å². The van der Waals surface area contributed by atoms with Crippen LogP contribution in [0.25, 0.3) is 0 Å². The average molecular weight is 308 g/mol. The molecule has 8 heteroatoms. The van der Waals surface area contributed by atoms with Gasteiger partial charge in [-0.2, -0.15) is 0 Å². The fourth-order valence-electron chi connectivity index (χ4n) is 1.89. The van der Waals surface area contributed by atoms with Crippen LogP contribution in [0.5, 0.6) is 5.75 Å². The molecule has 0 saturated carbocycles. The molecule has 0 saturated heterocycles. The zero-order chi connectivity index (χ0) is 15.6. The molecule has 0 bridgehead atoms. The van der Waals surface area contributed by atoms with Gasteiger partial charge in [0, 0.05) is 0 Å². The fraction of sp³-hybridized carbons (Fsp3) is 0.0769. The van der Waals surface area contributed by atoms with Gasteiger partial charge in [-0.3, -0.25) is 10.1 Å². The van der Waals surface area contributed by atoms with E-state index >= 15 is 0 Å². The largest absolute Gasteiger partial charge is 0.495 e. The topological polar surface area (TPSA) is 113 Å². The number of methoxy groups -OCH3 is 1. The van der Waals surface area contributed by atoms with E-state index < -0.39 is 25.3 Å². The van der Waals surface area contributed by atoms with Crippen LogP contribution in [-0.4, -0.2) is 20.5 Å². The van der Waals surface area contributed by atoms with Gasteiger partial charge in [0.2, 0.25) is 9.84 Å². The van der Waals surface area contributed by atoms with Gasteiger partial charge in [0.15, 0.2) is 4.90 Å². The maximum Gasteiger partial charge on any atom is 0.314 e. The highest BCUT2D eigenvalue weighted by Crippen LogP contribution is 2.40. The Hall–Kier alpha value is -2.61. The number of anilines is 1. The van der Waals surface area contributed by atoms with E-state index in [0.29, 0.717) is 0 Å². The van der Waals surface area contributed by atoms with Crippen molar-refractivity contribution in [2.75, 3.05) is 12.8 Å². The molecule has 2 N–H and O–H groups in total. The van der Waals surface area contributed by atoms with Crippen molar-refractivity contribution in [1.29, 1.82) is 0 Å². The number of ether oxygens (including phenoxy) is 1. The Morgan fingerprint density at radius 1 is 1.14 bits per heavy atom. The summed E-state index contributed by atoms with van der Waals surface area (Å²) in [4.78, 5) is 9.76. The van der Waals surface area contributed by atoms with Gasteiger partial charge in [0.25, 0.3) is 0 Å². The van der Waals surface area contributed by atoms with Gasteiger partial charge in [-0.1, -0.05) is 18.2 Å². The first-order valence-electron chi connectivity index (χ1n) is 5.80. The zero-order valence-electron chi connectivity index (χ0n) is 11.0. The van der Waals surface area contributed by atoms with Crippen molar-refractivity contribution in [3.63, 3.8) is 0 Å². The summed E-state index contributed by atoms with van der Waals surface area (Å²) in [5.74, 6) is -0.125. The van der Waals surface area contributed by atoms with Crippen LogP contribution >= 0.6 is 0 Å². The Balaban J connectivity index is 2.85. The van der Waals surface area contributed by atoms with E-state index in [4.69, 9.17) is 10.5 Å². The molecule has 0 fully saturated rings. The third-order valence-corrected chi connectivity index (χ3v) is 4.68. The summed E-state index contributed by atoms with van der Waals surface area (Å²) in [6.45, 7) is 0. The number of sulfone groups is 1. The van der Waals surface area contributed by atoms with Gasteiger partial charge >= 0.3 is 5.69 Å². The first-order chi connectivity index (χ1) is 9.89. The van der Waals surface area contributed by atoms with Crippen LogP contribution in [0.4, 0.5) is 11.4 Å². The minimum Gasteiger partial charge on any atom is -0.495 e. The van der Waals surface area contributed by atoms with Crippen molar-refractivity contribution in [2.24, 2.45) is 0 Å². The number of rotatable bonds is 4. The van der Waals surface area contributed by atoms with E-state index in [9.17, 15) is 18.5 Å². The fourth-order valence-corrected chi connectivity index (χ4v) is 3.51. The molecular formula is C13H12N2O5S. The molecule has 0 aliphatic rings. The third kappa shape index (κ3) is 2.52. The highest BCUT2D eigenvalue weighted by Gasteiger charge is 2.34. The maximum absolute atomic E-state index is 12.7. The second-order valence-electron chi connectivity index (χ2n) is 4.11. The van der Waals surface area contributed by atoms with E-state index in [-0.39, 0.29) is 16.3 Å². The maximum atomic E-state index is 12.7. The SMILES string of the molecule is COc1ccc(N)c([N+](=O)[O-])c1S(=O)(=O)c1ccccc1. The quantitative estimate of drug-likeness (QED) is 0.525. The standard InChI is InChI=1S/C13H12N2O5S/c1-20-11-8-7-10(14)12(15(16)17)13(11)21(18,19)9-5-3-2-4-6-9/h2-8H,14H2,1H3. The van der Waals surface area contributed by atoms with Gasteiger partial charge in [-0.15, -0.1) is 0 Å². The summed E-state index contributed by atoms with van der Waals surface area (Å²) in [5.41, 5.74) is 4.64.